The monoisotopic (exact) mass is 366 g/mol. The third-order valence-electron chi connectivity index (χ3n) is 5.81. The van der Waals surface area contributed by atoms with Gasteiger partial charge >= 0.3 is 5.97 Å². The predicted molar refractivity (Wildman–Crippen MR) is 89.9 cm³/mol. The Morgan fingerprint density at radius 3 is 2.52 bits per heavy atom. The first-order valence-corrected chi connectivity index (χ1v) is 8.46. The van der Waals surface area contributed by atoms with Gasteiger partial charge in [-0.25, -0.2) is 0 Å². The van der Waals surface area contributed by atoms with Crippen LogP contribution in [0.4, 0.5) is 0 Å². The van der Waals surface area contributed by atoms with E-state index in [4.69, 9.17) is 4.74 Å². The van der Waals surface area contributed by atoms with Crippen molar-refractivity contribution < 1.29 is 34.4 Å². The number of rotatable bonds is 0. The number of hydrogen-bond acceptors (Lipinski definition) is 7. The molecule has 0 spiro atoms. The second kappa shape index (κ2) is 4.75. The average Bonchev–Trinajstić information content (AvgIpc) is 2.89. The van der Waals surface area contributed by atoms with E-state index in [-0.39, 0.29) is 45.6 Å². The van der Waals surface area contributed by atoms with Crippen molar-refractivity contribution in [1.29, 1.82) is 0 Å². The minimum atomic E-state index is -1.25. The van der Waals surface area contributed by atoms with Crippen LogP contribution in [0.25, 0.3) is 0 Å². The predicted octanol–water partition coefficient (Wildman–Crippen LogP) is 1.71. The molecule has 1 fully saturated rings. The van der Waals surface area contributed by atoms with E-state index in [2.05, 4.69) is 0 Å². The number of carbonyl (C=O) groups excluding carboxylic acids is 3. The van der Waals surface area contributed by atoms with E-state index < -0.39 is 40.9 Å². The second-order valence-corrected chi connectivity index (χ2v) is 7.40. The Morgan fingerprint density at radius 1 is 1.07 bits per heavy atom. The van der Waals surface area contributed by atoms with Crippen LogP contribution in [0.3, 0.4) is 0 Å². The van der Waals surface area contributed by atoms with Crippen LogP contribution in [0, 0.1) is 0 Å². The van der Waals surface area contributed by atoms with E-state index in [0.29, 0.717) is 0 Å². The number of fused-ring (bicyclic) bond motifs is 6. The van der Waals surface area contributed by atoms with Crippen LogP contribution in [0.2, 0.25) is 0 Å². The Balaban J connectivity index is 1.84. The number of ketones is 2. The van der Waals surface area contributed by atoms with Crippen LogP contribution >= 0.6 is 0 Å². The molecule has 136 valence electrons. The van der Waals surface area contributed by atoms with Gasteiger partial charge in [0.25, 0.3) is 0 Å². The maximum absolute atomic E-state index is 12.9. The Morgan fingerprint density at radius 2 is 1.78 bits per heavy atom. The number of ether oxygens (including phenoxy) is 1. The number of phenols is 2. The molecule has 0 amide bonds. The standard InChI is InChI=1S/C20H14O7/c1-20-6-10(19(26)27-20)12-9(18(20)25)5-8-14(17(12)24)15(22)7-3-2-4-11(21)13(7)16(8)23/h2-5,10,18,21,24-25H,6H2,1H3/t10-,18+,20+/m0/s1. The van der Waals surface area contributed by atoms with E-state index in [1.165, 1.54) is 24.3 Å². The van der Waals surface area contributed by atoms with Gasteiger partial charge in [-0.05, 0) is 24.6 Å². The van der Waals surface area contributed by atoms with Crippen LogP contribution in [-0.4, -0.2) is 38.5 Å². The van der Waals surface area contributed by atoms with Gasteiger partial charge in [-0.2, -0.15) is 0 Å². The lowest BCUT2D eigenvalue weighted by Gasteiger charge is -2.34. The van der Waals surface area contributed by atoms with E-state index in [0.717, 1.165) is 0 Å². The summed E-state index contributed by atoms with van der Waals surface area (Å²) in [4.78, 5) is 38.1. The topological polar surface area (TPSA) is 121 Å². The van der Waals surface area contributed by atoms with Crippen LogP contribution in [0.15, 0.2) is 24.3 Å². The first kappa shape index (κ1) is 16.0. The molecule has 2 aromatic rings. The zero-order chi connectivity index (χ0) is 19.2. The Hall–Kier alpha value is -3.19. The summed E-state index contributed by atoms with van der Waals surface area (Å²) in [5, 5.41) is 31.6. The van der Waals surface area contributed by atoms with Crippen molar-refractivity contribution in [2.24, 2.45) is 0 Å². The molecule has 7 heteroatoms. The van der Waals surface area contributed by atoms with Gasteiger partial charge in [0.05, 0.1) is 17.0 Å². The highest BCUT2D eigenvalue weighted by Crippen LogP contribution is 2.55. The van der Waals surface area contributed by atoms with E-state index >= 15 is 0 Å². The van der Waals surface area contributed by atoms with Crippen LogP contribution in [0.1, 0.15) is 68.3 Å². The number of hydrogen-bond donors (Lipinski definition) is 3. The molecule has 2 aromatic carbocycles. The van der Waals surface area contributed by atoms with Gasteiger partial charge in [0.2, 0.25) is 0 Å². The molecule has 5 rings (SSSR count). The quantitative estimate of drug-likeness (QED) is 0.518. The van der Waals surface area contributed by atoms with Gasteiger partial charge in [-0.3, -0.25) is 14.4 Å². The molecule has 0 unspecified atom stereocenters. The first-order chi connectivity index (χ1) is 12.7. The average molecular weight is 366 g/mol. The lowest BCUT2D eigenvalue weighted by atomic mass is 9.71. The third-order valence-corrected chi connectivity index (χ3v) is 5.81. The number of phenolic OH excluding ortho intramolecular Hbond substituents is 2. The summed E-state index contributed by atoms with van der Waals surface area (Å²) in [5.74, 6) is -3.46. The molecular formula is C20H14O7. The molecule has 2 aliphatic carbocycles. The van der Waals surface area contributed by atoms with Gasteiger partial charge in [-0.1, -0.05) is 12.1 Å². The highest BCUT2D eigenvalue weighted by molar-refractivity contribution is 6.30. The van der Waals surface area contributed by atoms with Crippen molar-refractivity contribution in [2.45, 2.75) is 31.0 Å². The molecule has 3 aliphatic rings. The second-order valence-electron chi connectivity index (χ2n) is 7.40. The smallest absolute Gasteiger partial charge is 0.314 e. The number of benzene rings is 2. The first-order valence-electron chi connectivity index (χ1n) is 8.46. The van der Waals surface area contributed by atoms with Gasteiger partial charge < -0.3 is 20.1 Å². The lowest BCUT2D eigenvalue weighted by molar-refractivity contribution is -0.156. The van der Waals surface area contributed by atoms with Crippen LogP contribution < -0.4 is 0 Å². The maximum atomic E-state index is 12.9. The van der Waals surface area contributed by atoms with E-state index in [1.54, 1.807) is 6.92 Å². The van der Waals surface area contributed by atoms with E-state index in [9.17, 15) is 29.7 Å². The minimum absolute atomic E-state index is 0.0158. The Labute approximate surface area is 152 Å². The van der Waals surface area contributed by atoms with Crippen molar-refractivity contribution in [3.8, 4) is 11.5 Å². The van der Waals surface area contributed by atoms with Gasteiger partial charge in [0.1, 0.15) is 23.2 Å². The summed E-state index contributed by atoms with van der Waals surface area (Å²) in [6.07, 6.45) is -1.08. The Bertz CT molecular complexity index is 1100. The molecular weight excluding hydrogens is 352 g/mol. The zero-order valence-electron chi connectivity index (χ0n) is 14.1. The van der Waals surface area contributed by atoms with Crippen LogP contribution in [-0.2, 0) is 9.53 Å². The minimum Gasteiger partial charge on any atom is -0.507 e. The SMILES string of the molecule is C[C@]12C[C@H](C(=O)O1)c1c(cc3c(c1O)C(=O)c1cccc(O)c1C3=O)[C@H]2O. The number of aromatic hydroxyl groups is 2. The van der Waals surface area contributed by atoms with Gasteiger partial charge in [0, 0.05) is 23.1 Å². The molecule has 3 atom stereocenters. The summed E-state index contributed by atoms with van der Waals surface area (Å²) in [7, 11) is 0. The highest BCUT2D eigenvalue weighted by Gasteiger charge is 2.56. The Kier molecular flexibility index (Phi) is 2.82. The molecule has 2 bridgehead atoms. The molecule has 1 saturated heterocycles. The number of aliphatic hydroxyl groups is 1. The maximum Gasteiger partial charge on any atom is 0.314 e. The van der Waals surface area contributed by atoms with Crippen molar-refractivity contribution >= 4 is 17.5 Å². The van der Waals surface area contributed by atoms with Crippen molar-refractivity contribution in [3.05, 3.63) is 57.6 Å². The fraction of sp³-hybridized carbons (Fsp3) is 0.250. The summed E-state index contributed by atoms with van der Waals surface area (Å²) in [6.45, 7) is 1.59. The molecule has 0 aromatic heterocycles. The molecule has 1 aliphatic heterocycles. The fourth-order valence-corrected chi connectivity index (χ4v) is 4.49. The summed E-state index contributed by atoms with van der Waals surface area (Å²) >= 11 is 0. The number of esters is 1. The van der Waals surface area contributed by atoms with Crippen molar-refractivity contribution in [3.63, 3.8) is 0 Å². The fourth-order valence-electron chi connectivity index (χ4n) is 4.49. The third kappa shape index (κ3) is 1.77. The lowest BCUT2D eigenvalue weighted by Crippen LogP contribution is -2.35. The number of aliphatic hydroxyl groups excluding tert-OH is 1. The molecule has 1 heterocycles. The van der Waals surface area contributed by atoms with Crippen molar-refractivity contribution in [1.82, 2.24) is 0 Å². The summed E-state index contributed by atoms with van der Waals surface area (Å²) in [6, 6.07) is 5.46. The van der Waals surface area contributed by atoms with Gasteiger partial charge in [-0.15, -0.1) is 0 Å². The summed E-state index contributed by atoms with van der Waals surface area (Å²) < 4.78 is 5.31. The largest absolute Gasteiger partial charge is 0.507 e. The number of carbonyl (C=O) groups is 3. The molecule has 0 saturated carbocycles. The van der Waals surface area contributed by atoms with Crippen molar-refractivity contribution in [2.75, 3.05) is 0 Å². The molecule has 3 N–H and O–H groups in total. The molecule has 27 heavy (non-hydrogen) atoms. The zero-order valence-corrected chi connectivity index (χ0v) is 14.1. The summed E-state index contributed by atoms with van der Waals surface area (Å²) in [5.41, 5.74) is -1.31. The molecule has 7 nitrogen and oxygen atoms in total. The molecule has 0 radical (unpaired) electrons. The van der Waals surface area contributed by atoms with Crippen LogP contribution in [0.5, 0.6) is 11.5 Å². The normalized spacial score (nSPS) is 27.7. The van der Waals surface area contributed by atoms with E-state index in [1.807, 2.05) is 0 Å². The van der Waals surface area contributed by atoms with Gasteiger partial charge in [0.15, 0.2) is 11.6 Å². The highest BCUT2D eigenvalue weighted by atomic mass is 16.6.